The van der Waals surface area contributed by atoms with Crippen molar-refractivity contribution in [3.05, 3.63) is 16.3 Å². The molecule has 2 N–H and O–H groups in total. The van der Waals surface area contributed by atoms with Gasteiger partial charge in [-0.1, -0.05) is 6.92 Å². The van der Waals surface area contributed by atoms with Gasteiger partial charge in [-0.3, -0.25) is 0 Å². The summed E-state index contributed by atoms with van der Waals surface area (Å²) in [6.45, 7) is 1.98. The van der Waals surface area contributed by atoms with Crippen LogP contribution < -0.4 is 5.32 Å². The lowest BCUT2D eigenvalue weighted by molar-refractivity contribution is 0.178. The van der Waals surface area contributed by atoms with Gasteiger partial charge in [0.05, 0.1) is 16.7 Å². The summed E-state index contributed by atoms with van der Waals surface area (Å²) >= 11 is 1.59. The predicted octanol–water partition coefficient (Wildman–Crippen LogP) is 2.23. The topological polar surface area (TPSA) is 32.3 Å². The first-order valence-corrected chi connectivity index (χ1v) is 4.60. The lowest BCUT2D eigenvalue weighted by atomic mass is 10.2. The van der Waals surface area contributed by atoms with Crippen LogP contribution in [0.3, 0.4) is 0 Å². The molecule has 1 atom stereocenters. The monoisotopic (exact) mass is 171 g/mol. The van der Waals surface area contributed by atoms with Crippen molar-refractivity contribution in [3.63, 3.8) is 0 Å². The smallest absolute Gasteiger partial charge is 0.0900 e. The fraction of sp³-hybridized carbons (Fsp3) is 0.500. The van der Waals surface area contributed by atoms with Crippen LogP contribution in [0.15, 0.2) is 11.4 Å². The third-order valence-electron chi connectivity index (χ3n) is 1.65. The Labute approximate surface area is 70.9 Å². The van der Waals surface area contributed by atoms with Crippen LogP contribution in [-0.2, 0) is 0 Å². The minimum Gasteiger partial charge on any atom is -0.388 e. The summed E-state index contributed by atoms with van der Waals surface area (Å²) in [4.78, 5) is 1.04. The van der Waals surface area contributed by atoms with Gasteiger partial charge < -0.3 is 10.4 Å². The number of aliphatic hydroxyl groups is 1. The highest BCUT2D eigenvalue weighted by Gasteiger charge is 2.10. The standard InChI is InChI=1S/C8H13NOS/c1-3-7(10)8-6(9-2)4-5-11-8/h4-5,7,9-10H,3H2,1-2H3/t7-/m0/s1. The number of aliphatic hydroxyl groups excluding tert-OH is 1. The highest BCUT2D eigenvalue weighted by Crippen LogP contribution is 2.29. The van der Waals surface area contributed by atoms with E-state index in [9.17, 15) is 5.11 Å². The molecule has 0 bridgehead atoms. The van der Waals surface area contributed by atoms with E-state index in [1.807, 2.05) is 25.4 Å². The molecule has 1 rings (SSSR count). The average molecular weight is 171 g/mol. The summed E-state index contributed by atoms with van der Waals surface area (Å²) in [6, 6.07) is 1.98. The highest BCUT2D eigenvalue weighted by atomic mass is 32.1. The third kappa shape index (κ3) is 1.73. The number of hydrogen-bond acceptors (Lipinski definition) is 3. The van der Waals surface area contributed by atoms with E-state index in [0.717, 1.165) is 17.0 Å². The number of thiophene rings is 1. The molecule has 11 heavy (non-hydrogen) atoms. The van der Waals surface area contributed by atoms with E-state index in [2.05, 4.69) is 5.32 Å². The summed E-state index contributed by atoms with van der Waals surface area (Å²) in [5.74, 6) is 0. The lowest BCUT2D eigenvalue weighted by Gasteiger charge is -2.07. The summed E-state index contributed by atoms with van der Waals surface area (Å²) in [5, 5.41) is 14.5. The van der Waals surface area contributed by atoms with Crippen LogP contribution in [-0.4, -0.2) is 12.2 Å². The number of anilines is 1. The van der Waals surface area contributed by atoms with Gasteiger partial charge in [-0.25, -0.2) is 0 Å². The Morgan fingerprint density at radius 1 is 1.73 bits per heavy atom. The maximum Gasteiger partial charge on any atom is 0.0900 e. The fourth-order valence-electron chi connectivity index (χ4n) is 0.971. The van der Waals surface area contributed by atoms with Crippen LogP contribution in [0.1, 0.15) is 24.3 Å². The summed E-state index contributed by atoms with van der Waals surface area (Å²) in [6.07, 6.45) is 0.465. The molecule has 2 nitrogen and oxygen atoms in total. The maximum absolute atomic E-state index is 9.50. The van der Waals surface area contributed by atoms with Crippen LogP contribution in [0.2, 0.25) is 0 Å². The van der Waals surface area contributed by atoms with E-state index in [1.165, 1.54) is 0 Å². The largest absolute Gasteiger partial charge is 0.388 e. The van der Waals surface area contributed by atoms with Gasteiger partial charge in [0.2, 0.25) is 0 Å². The Bertz CT molecular complexity index is 222. The molecule has 62 valence electrons. The SMILES string of the molecule is CC[C@H](O)c1sccc1NC. The van der Waals surface area contributed by atoms with Gasteiger partial charge >= 0.3 is 0 Å². The summed E-state index contributed by atoms with van der Waals surface area (Å²) in [5.41, 5.74) is 1.05. The first-order chi connectivity index (χ1) is 5.29. The molecule has 1 heterocycles. The molecule has 0 aliphatic carbocycles. The molecule has 0 saturated carbocycles. The molecule has 0 fully saturated rings. The second-order valence-corrected chi connectivity index (χ2v) is 3.32. The molecule has 0 aromatic carbocycles. The van der Waals surface area contributed by atoms with E-state index in [0.29, 0.717) is 0 Å². The Morgan fingerprint density at radius 3 is 3.00 bits per heavy atom. The van der Waals surface area contributed by atoms with Crippen molar-refractivity contribution < 1.29 is 5.11 Å². The van der Waals surface area contributed by atoms with Gasteiger partial charge in [0.25, 0.3) is 0 Å². The molecule has 1 aromatic heterocycles. The van der Waals surface area contributed by atoms with Crippen LogP contribution >= 0.6 is 11.3 Å². The van der Waals surface area contributed by atoms with Crippen molar-refractivity contribution in [1.82, 2.24) is 0 Å². The summed E-state index contributed by atoms with van der Waals surface area (Å²) in [7, 11) is 1.87. The number of nitrogens with one attached hydrogen (secondary N) is 1. The van der Waals surface area contributed by atoms with Gasteiger partial charge in [-0.2, -0.15) is 0 Å². The quantitative estimate of drug-likeness (QED) is 0.731. The molecule has 0 aliphatic heterocycles. The molecule has 1 aromatic rings. The van der Waals surface area contributed by atoms with Gasteiger partial charge in [0.15, 0.2) is 0 Å². The molecule has 0 spiro atoms. The maximum atomic E-state index is 9.50. The van der Waals surface area contributed by atoms with Crippen LogP contribution in [0.25, 0.3) is 0 Å². The molecule has 0 amide bonds. The van der Waals surface area contributed by atoms with Crippen molar-refractivity contribution in [2.45, 2.75) is 19.4 Å². The van der Waals surface area contributed by atoms with Crippen molar-refractivity contribution in [2.75, 3.05) is 12.4 Å². The van der Waals surface area contributed by atoms with E-state index < -0.39 is 0 Å². The molecule has 0 aliphatic rings. The zero-order valence-electron chi connectivity index (χ0n) is 6.79. The zero-order chi connectivity index (χ0) is 8.27. The molecule has 0 radical (unpaired) electrons. The summed E-state index contributed by atoms with van der Waals surface area (Å²) < 4.78 is 0. The second-order valence-electron chi connectivity index (χ2n) is 2.37. The van der Waals surface area contributed by atoms with Crippen molar-refractivity contribution >= 4 is 17.0 Å². The first-order valence-electron chi connectivity index (χ1n) is 3.72. The second kappa shape index (κ2) is 3.74. The van der Waals surface area contributed by atoms with E-state index in [-0.39, 0.29) is 6.10 Å². The van der Waals surface area contributed by atoms with Crippen LogP contribution in [0.5, 0.6) is 0 Å². The van der Waals surface area contributed by atoms with Crippen molar-refractivity contribution in [3.8, 4) is 0 Å². The minimum atomic E-state index is -0.308. The van der Waals surface area contributed by atoms with Gasteiger partial charge in [-0.15, -0.1) is 11.3 Å². The molecule has 3 heteroatoms. The van der Waals surface area contributed by atoms with E-state index in [4.69, 9.17) is 0 Å². The van der Waals surface area contributed by atoms with Gasteiger partial charge in [0.1, 0.15) is 0 Å². The molecular weight excluding hydrogens is 158 g/mol. The number of hydrogen-bond donors (Lipinski definition) is 2. The average Bonchev–Trinajstić information content (AvgIpc) is 2.50. The zero-order valence-corrected chi connectivity index (χ0v) is 7.61. The molecule has 0 unspecified atom stereocenters. The first kappa shape index (κ1) is 8.56. The highest BCUT2D eigenvalue weighted by molar-refractivity contribution is 7.10. The third-order valence-corrected chi connectivity index (χ3v) is 2.67. The Kier molecular flexibility index (Phi) is 2.91. The van der Waals surface area contributed by atoms with E-state index in [1.54, 1.807) is 11.3 Å². The predicted molar refractivity (Wildman–Crippen MR) is 49.1 cm³/mol. The Hall–Kier alpha value is -0.540. The molecule has 0 saturated heterocycles. The van der Waals surface area contributed by atoms with Crippen LogP contribution in [0.4, 0.5) is 5.69 Å². The minimum absolute atomic E-state index is 0.308. The molecular formula is C8H13NOS. The Morgan fingerprint density at radius 2 is 2.45 bits per heavy atom. The van der Waals surface area contributed by atoms with E-state index >= 15 is 0 Å². The van der Waals surface area contributed by atoms with Crippen molar-refractivity contribution in [2.24, 2.45) is 0 Å². The fourth-order valence-corrected chi connectivity index (χ4v) is 1.94. The van der Waals surface area contributed by atoms with Gasteiger partial charge in [-0.05, 0) is 17.9 Å². The lowest BCUT2D eigenvalue weighted by Crippen LogP contribution is -1.96. The normalized spacial score (nSPS) is 13.0. The van der Waals surface area contributed by atoms with Crippen LogP contribution in [0, 0.1) is 0 Å². The Balaban J connectivity index is 2.83. The number of rotatable bonds is 3. The van der Waals surface area contributed by atoms with Crippen molar-refractivity contribution in [1.29, 1.82) is 0 Å². The van der Waals surface area contributed by atoms with Gasteiger partial charge in [0, 0.05) is 7.05 Å².